The summed E-state index contributed by atoms with van der Waals surface area (Å²) in [5, 5.41) is 2.89. The Bertz CT molecular complexity index is 766. The Morgan fingerprint density at radius 2 is 1.53 bits per heavy atom. The van der Waals surface area contributed by atoms with Crippen molar-refractivity contribution in [1.82, 2.24) is 0 Å². The maximum Gasteiger partial charge on any atom is 0.123 e. The predicted octanol–water partition coefficient (Wildman–Crippen LogP) is 5.95. The third-order valence-corrected chi connectivity index (χ3v) is 3.88. The molecule has 3 aromatic carbocycles. The summed E-state index contributed by atoms with van der Waals surface area (Å²) in [6.45, 7) is 0. The van der Waals surface area contributed by atoms with E-state index in [0.29, 0.717) is 10.0 Å². The van der Waals surface area contributed by atoms with Crippen LogP contribution in [0.5, 0.6) is 0 Å². The van der Waals surface area contributed by atoms with Gasteiger partial charge in [-0.2, -0.15) is 0 Å². The van der Waals surface area contributed by atoms with Crippen LogP contribution in [-0.4, -0.2) is 0 Å². The first kappa shape index (κ1) is 12.5. The molecular weight excluding hydrogens is 282 g/mol. The van der Waals surface area contributed by atoms with E-state index in [1.165, 1.54) is 12.1 Å². The molecule has 0 aliphatic heterocycles. The standard InChI is InChI=1S/C16H9Cl2F/c17-15-3-1-2-14(16(15)18)12-5-4-11-9-13(19)7-6-10(11)8-12/h1-9H. The third kappa shape index (κ3) is 2.32. The predicted molar refractivity (Wildman–Crippen MR) is 79.4 cm³/mol. The second-order valence-corrected chi connectivity index (χ2v) is 5.09. The van der Waals surface area contributed by atoms with E-state index in [4.69, 9.17) is 23.2 Å². The van der Waals surface area contributed by atoms with Crippen molar-refractivity contribution in [3.05, 3.63) is 70.5 Å². The quantitative estimate of drug-likeness (QED) is 0.519. The zero-order chi connectivity index (χ0) is 13.4. The molecule has 0 fully saturated rings. The molecule has 0 amide bonds. The van der Waals surface area contributed by atoms with Gasteiger partial charge in [0.05, 0.1) is 10.0 Å². The highest BCUT2D eigenvalue weighted by molar-refractivity contribution is 6.43. The maximum absolute atomic E-state index is 13.1. The van der Waals surface area contributed by atoms with Gasteiger partial charge >= 0.3 is 0 Å². The summed E-state index contributed by atoms with van der Waals surface area (Å²) in [4.78, 5) is 0. The minimum atomic E-state index is -0.235. The summed E-state index contributed by atoms with van der Waals surface area (Å²) in [6, 6.07) is 16.0. The molecule has 0 aliphatic carbocycles. The van der Waals surface area contributed by atoms with E-state index in [-0.39, 0.29) is 5.82 Å². The summed E-state index contributed by atoms with van der Waals surface area (Å²) >= 11 is 12.2. The molecule has 0 aliphatic rings. The third-order valence-electron chi connectivity index (χ3n) is 3.06. The average molecular weight is 291 g/mol. The smallest absolute Gasteiger partial charge is 0.123 e. The van der Waals surface area contributed by atoms with E-state index in [1.54, 1.807) is 12.1 Å². The van der Waals surface area contributed by atoms with Gasteiger partial charge in [0, 0.05) is 5.56 Å². The molecule has 0 N–H and O–H groups in total. The molecule has 0 heterocycles. The highest BCUT2D eigenvalue weighted by atomic mass is 35.5. The van der Waals surface area contributed by atoms with E-state index >= 15 is 0 Å². The van der Waals surface area contributed by atoms with Gasteiger partial charge in [-0.05, 0) is 40.6 Å². The van der Waals surface area contributed by atoms with E-state index in [9.17, 15) is 4.39 Å². The van der Waals surface area contributed by atoms with Gasteiger partial charge < -0.3 is 0 Å². The van der Waals surface area contributed by atoms with Crippen LogP contribution < -0.4 is 0 Å². The molecule has 0 atom stereocenters. The molecule has 19 heavy (non-hydrogen) atoms. The number of benzene rings is 3. The normalized spacial score (nSPS) is 10.9. The molecule has 0 saturated heterocycles. The molecule has 0 radical (unpaired) electrons. The van der Waals surface area contributed by atoms with Crippen molar-refractivity contribution in [3.8, 4) is 11.1 Å². The van der Waals surface area contributed by atoms with Crippen molar-refractivity contribution in [2.24, 2.45) is 0 Å². The average Bonchev–Trinajstić information content (AvgIpc) is 2.41. The molecule has 0 nitrogen and oxygen atoms in total. The van der Waals surface area contributed by atoms with Gasteiger partial charge in [0.2, 0.25) is 0 Å². The van der Waals surface area contributed by atoms with E-state index in [0.717, 1.165) is 21.9 Å². The Morgan fingerprint density at radius 1 is 0.789 bits per heavy atom. The first-order chi connectivity index (χ1) is 9.15. The summed E-state index contributed by atoms with van der Waals surface area (Å²) in [6.07, 6.45) is 0. The molecule has 94 valence electrons. The highest BCUT2D eigenvalue weighted by Gasteiger charge is 2.07. The summed E-state index contributed by atoms with van der Waals surface area (Å²) in [7, 11) is 0. The van der Waals surface area contributed by atoms with E-state index in [1.807, 2.05) is 30.3 Å². The molecule has 0 bridgehead atoms. The van der Waals surface area contributed by atoms with Crippen LogP contribution in [0, 0.1) is 5.82 Å². The van der Waals surface area contributed by atoms with Gasteiger partial charge in [0.1, 0.15) is 5.82 Å². The second kappa shape index (κ2) is 4.84. The summed E-state index contributed by atoms with van der Waals surface area (Å²) < 4.78 is 13.1. The van der Waals surface area contributed by atoms with Crippen LogP contribution in [-0.2, 0) is 0 Å². The fourth-order valence-corrected chi connectivity index (χ4v) is 2.52. The Hall–Kier alpha value is -1.57. The monoisotopic (exact) mass is 290 g/mol. The molecule has 3 aromatic rings. The zero-order valence-electron chi connectivity index (χ0n) is 9.83. The van der Waals surface area contributed by atoms with Gasteiger partial charge in [-0.3, -0.25) is 0 Å². The Balaban J connectivity index is 2.20. The summed E-state index contributed by atoms with van der Waals surface area (Å²) in [5.74, 6) is -0.235. The summed E-state index contributed by atoms with van der Waals surface area (Å²) in [5.41, 5.74) is 1.84. The van der Waals surface area contributed by atoms with Gasteiger partial charge in [-0.1, -0.05) is 53.5 Å². The number of hydrogen-bond donors (Lipinski definition) is 0. The van der Waals surface area contributed by atoms with Gasteiger partial charge in [0.25, 0.3) is 0 Å². The number of rotatable bonds is 1. The van der Waals surface area contributed by atoms with Crippen LogP contribution in [0.3, 0.4) is 0 Å². The van der Waals surface area contributed by atoms with Crippen molar-refractivity contribution in [3.63, 3.8) is 0 Å². The van der Waals surface area contributed by atoms with Crippen LogP contribution in [0.25, 0.3) is 21.9 Å². The lowest BCUT2D eigenvalue weighted by Crippen LogP contribution is -1.82. The molecular formula is C16H9Cl2F. The minimum Gasteiger partial charge on any atom is -0.207 e. The lowest BCUT2D eigenvalue weighted by molar-refractivity contribution is 0.630. The first-order valence-corrected chi connectivity index (χ1v) is 6.54. The Labute approximate surface area is 120 Å². The van der Waals surface area contributed by atoms with Crippen molar-refractivity contribution >= 4 is 34.0 Å². The molecule has 3 heteroatoms. The molecule has 3 rings (SSSR count). The van der Waals surface area contributed by atoms with Crippen molar-refractivity contribution in [2.45, 2.75) is 0 Å². The van der Waals surface area contributed by atoms with E-state index < -0.39 is 0 Å². The van der Waals surface area contributed by atoms with E-state index in [2.05, 4.69) is 0 Å². The van der Waals surface area contributed by atoms with Crippen LogP contribution in [0.1, 0.15) is 0 Å². The van der Waals surface area contributed by atoms with Gasteiger partial charge in [-0.15, -0.1) is 0 Å². The van der Waals surface area contributed by atoms with Crippen LogP contribution in [0.4, 0.5) is 4.39 Å². The topological polar surface area (TPSA) is 0 Å². The van der Waals surface area contributed by atoms with Crippen LogP contribution in [0.2, 0.25) is 10.0 Å². The maximum atomic E-state index is 13.1. The Morgan fingerprint density at radius 3 is 2.37 bits per heavy atom. The van der Waals surface area contributed by atoms with Crippen LogP contribution in [0.15, 0.2) is 54.6 Å². The zero-order valence-corrected chi connectivity index (χ0v) is 11.3. The molecule has 0 spiro atoms. The highest BCUT2D eigenvalue weighted by Crippen LogP contribution is 2.34. The molecule has 0 unspecified atom stereocenters. The van der Waals surface area contributed by atoms with Crippen LogP contribution >= 0.6 is 23.2 Å². The minimum absolute atomic E-state index is 0.235. The lowest BCUT2D eigenvalue weighted by Gasteiger charge is -2.07. The Kier molecular flexibility index (Phi) is 3.17. The fraction of sp³-hybridized carbons (Fsp3) is 0. The largest absolute Gasteiger partial charge is 0.207 e. The van der Waals surface area contributed by atoms with Crippen molar-refractivity contribution in [2.75, 3.05) is 0 Å². The van der Waals surface area contributed by atoms with Crippen molar-refractivity contribution < 1.29 is 4.39 Å². The number of hydrogen-bond acceptors (Lipinski definition) is 0. The second-order valence-electron chi connectivity index (χ2n) is 4.31. The van der Waals surface area contributed by atoms with Gasteiger partial charge in [-0.25, -0.2) is 4.39 Å². The SMILES string of the molecule is Fc1ccc2cc(-c3cccc(Cl)c3Cl)ccc2c1. The number of halogens is 3. The fourth-order valence-electron chi connectivity index (χ4n) is 2.11. The van der Waals surface area contributed by atoms with Gasteiger partial charge in [0.15, 0.2) is 0 Å². The molecule has 0 saturated carbocycles. The molecule has 0 aromatic heterocycles. The first-order valence-electron chi connectivity index (χ1n) is 5.79. The number of fused-ring (bicyclic) bond motifs is 1. The lowest BCUT2D eigenvalue weighted by atomic mass is 10.0. The van der Waals surface area contributed by atoms with Crippen molar-refractivity contribution in [1.29, 1.82) is 0 Å².